The summed E-state index contributed by atoms with van der Waals surface area (Å²) < 4.78 is 18.2. The number of urea groups is 1. The monoisotopic (exact) mass is 408 g/mol. The maximum atomic E-state index is 13.1. The lowest BCUT2D eigenvalue weighted by Gasteiger charge is -2.26. The number of amides is 4. The summed E-state index contributed by atoms with van der Waals surface area (Å²) in [6.07, 6.45) is 1.25. The summed E-state index contributed by atoms with van der Waals surface area (Å²) in [5.74, 6) is -2.01. The zero-order chi connectivity index (χ0) is 19.7. The summed E-state index contributed by atoms with van der Waals surface area (Å²) in [7, 11) is 1.40. The topological polar surface area (TPSA) is 75.7 Å². The number of ether oxygens (including phenoxy) is 1. The van der Waals surface area contributed by atoms with Gasteiger partial charge in [0.05, 0.1) is 22.8 Å². The van der Waals surface area contributed by atoms with E-state index in [9.17, 15) is 18.8 Å². The lowest BCUT2D eigenvalue weighted by Crippen LogP contribution is -2.54. The number of methoxy groups -OCH3 is 1. The van der Waals surface area contributed by atoms with E-state index in [1.807, 2.05) is 0 Å². The van der Waals surface area contributed by atoms with Crippen LogP contribution in [-0.4, -0.2) is 25.0 Å². The average molecular weight is 409 g/mol. The number of rotatable bonds is 3. The van der Waals surface area contributed by atoms with Crippen molar-refractivity contribution in [1.29, 1.82) is 0 Å². The molecule has 1 fully saturated rings. The normalized spacial score (nSPS) is 15.9. The zero-order valence-electron chi connectivity index (χ0n) is 13.8. The molecular formula is C18H11Cl2FN2O4. The molecule has 1 aliphatic heterocycles. The minimum absolute atomic E-state index is 0.114. The van der Waals surface area contributed by atoms with Crippen molar-refractivity contribution in [2.24, 2.45) is 0 Å². The zero-order valence-corrected chi connectivity index (χ0v) is 15.3. The Labute approximate surface area is 163 Å². The van der Waals surface area contributed by atoms with Crippen molar-refractivity contribution < 1.29 is 23.5 Å². The van der Waals surface area contributed by atoms with E-state index in [1.54, 1.807) is 0 Å². The van der Waals surface area contributed by atoms with Crippen LogP contribution in [0.1, 0.15) is 5.56 Å². The third-order valence-electron chi connectivity index (χ3n) is 3.72. The highest BCUT2D eigenvalue weighted by molar-refractivity contribution is 6.40. The Balaban J connectivity index is 2.03. The van der Waals surface area contributed by atoms with Crippen molar-refractivity contribution in [3.05, 3.63) is 63.4 Å². The molecule has 0 aliphatic carbocycles. The molecule has 3 rings (SSSR count). The van der Waals surface area contributed by atoms with E-state index >= 15 is 0 Å². The van der Waals surface area contributed by atoms with Gasteiger partial charge >= 0.3 is 6.03 Å². The molecule has 0 aromatic heterocycles. The Morgan fingerprint density at radius 1 is 1.07 bits per heavy atom. The van der Waals surface area contributed by atoms with Crippen molar-refractivity contribution in [2.75, 3.05) is 12.0 Å². The van der Waals surface area contributed by atoms with Crippen LogP contribution in [0.4, 0.5) is 14.9 Å². The first kappa shape index (κ1) is 18.9. The van der Waals surface area contributed by atoms with Crippen LogP contribution in [0.2, 0.25) is 10.0 Å². The number of hydrogen-bond acceptors (Lipinski definition) is 4. The van der Waals surface area contributed by atoms with Gasteiger partial charge in [-0.2, -0.15) is 0 Å². The van der Waals surface area contributed by atoms with E-state index in [-0.39, 0.29) is 27.1 Å². The molecule has 1 aliphatic rings. The van der Waals surface area contributed by atoms with Gasteiger partial charge in [-0.05, 0) is 48.0 Å². The lowest BCUT2D eigenvalue weighted by atomic mass is 10.1. The molecule has 0 bridgehead atoms. The summed E-state index contributed by atoms with van der Waals surface area (Å²) in [5.41, 5.74) is 0.164. The van der Waals surface area contributed by atoms with Gasteiger partial charge in [0.1, 0.15) is 11.4 Å². The van der Waals surface area contributed by atoms with Crippen LogP contribution in [0.25, 0.3) is 6.08 Å². The third kappa shape index (κ3) is 3.65. The number of nitrogens with one attached hydrogen (secondary N) is 1. The van der Waals surface area contributed by atoms with Crippen LogP contribution in [-0.2, 0) is 9.59 Å². The van der Waals surface area contributed by atoms with E-state index < -0.39 is 23.7 Å². The fraction of sp³-hybridized carbons (Fsp3) is 0.0556. The summed E-state index contributed by atoms with van der Waals surface area (Å²) in [6, 6.07) is 6.68. The second-order valence-electron chi connectivity index (χ2n) is 5.45. The molecule has 1 heterocycles. The number of halogens is 3. The van der Waals surface area contributed by atoms with Gasteiger partial charge in [-0.15, -0.1) is 0 Å². The number of carbonyl (C=O) groups is 3. The highest BCUT2D eigenvalue weighted by atomic mass is 35.5. The fourth-order valence-electron chi connectivity index (χ4n) is 2.51. The van der Waals surface area contributed by atoms with Crippen LogP contribution >= 0.6 is 23.2 Å². The minimum Gasteiger partial charge on any atom is -0.494 e. The summed E-state index contributed by atoms with van der Waals surface area (Å²) in [4.78, 5) is 37.7. The Kier molecular flexibility index (Phi) is 5.16. The maximum Gasteiger partial charge on any atom is 0.335 e. The molecule has 0 radical (unpaired) electrons. The molecule has 2 aromatic rings. The van der Waals surface area contributed by atoms with Gasteiger partial charge in [-0.25, -0.2) is 14.1 Å². The second-order valence-corrected chi connectivity index (χ2v) is 6.27. The second kappa shape index (κ2) is 7.38. The molecular weight excluding hydrogens is 398 g/mol. The molecule has 27 heavy (non-hydrogen) atoms. The molecule has 0 unspecified atom stereocenters. The summed E-state index contributed by atoms with van der Waals surface area (Å²) >= 11 is 12.1. The highest BCUT2D eigenvalue weighted by Gasteiger charge is 2.36. The average Bonchev–Trinajstić information content (AvgIpc) is 2.60. The number of carbonyl (C=O) groups excluding carboxylic acids is 3. The molecule has 1 N–H and O–H groups in total. The molecule has 2 aromatic carbocycles. The van der Waals surface area contributed by atoms with E-state index in [1.165, 1.54) is 37.5 Å². The van der Waals surface area contributed by atoms with Crippen LogP contribution in [0.3, 0.4) is 0 Å². The van der Waals surface area contributed by atoms with E-state index in [4.69, 9.17) is 27.9 Å². The molecule has 1 saturated heterocycles. The Hall–Kier alpha value is -2.90. The molecule has 6 nitrogen and oxygen atoms in total. The standard InChI is InChI=1S/C18H11Cl2FN2O4/c1-27-15-13(19)7-9(8-14(15)20)6-12-16(24)22-18(26)23(17(12)25)11-4-2-10(21)3-5-11/h2-8H,1H3,(H,22,24,26). The predicted molar refractivity (Wildman–Crippen MR) is 98.4 cm³/mol. The smallest absolute Gasteiger partial charge is 0.335 e. The van der Waals surface area contributed by atoms with Gasteiger partial charge in [-0.3, -0.25) is 14.9 Å². The number of hydrogen-bond donors (Lipinski definition) is 1. The van der Waals surface area contributed by atoms with Gasteiger partial charge < -0.3 is 4.74 Å². The van der Waals surface area contributed by atoms with Crippen molar-refractivity contribution in [2.45, 2.75) is 0 Å². The van der Waals surface area contributed by atoms with Gasteiger partial charge in [0.25, 0.3) is 11.8 Å². The van der Waals surface area contributed by atoms with Crippen molar-refractivity contribution >= 4 is 52.8 Å². The van der Waals surface area contributed by atoms with Gasteiger partial charge in [0.2, 0.25) is 0 Å². The molecule has 0 spiro atoms. The summed E-state index contributed by atoms with van der Waals surface area (Å²) in [6.45, 7) is 0. The number of benzene rings is 2. The molecule has 4 amide bonds. The van der Waals surface area contributed by atoms with Crippen molar-refractivity contribution in [1.82, 2.24) is 5.32 Å². The SMILES string of the molecule is COc1c(Cl)cc(C=C2C(=O)NC(=O)N(c3ccc(F)cc3)C2=O)cc1Cl. The fourth-order valence-corrected chi connectivity index (χ4v) is 3.16. The molecule has 138 valence electrons. The van der Waals surface area contributed by atoms with Gasteiger partial charge in [0, 0.05) is 0 Å². The van der Waals surface area contributed by atoms with Gasteiger partial charge in [-0.1, -0.05) is 23.2 Å². The largest absolute Gasteiger partial charge is 0.494 e. The number of barbiturate groups is 1. The quantitative estimate of drug-likeness (QED) is 0.618. The maximum absolute atomic E-state index is 13.1. The molecule has 0 atom stereocenters. The minimum atomic E-state index is -0.931. The van der Waals surface area contributed by atoms with Crippen LogP contribution in [0.15, 0.2) is 42.0 Å². The Morgan fingerprint density at radius 2 is 1.67 bits per heavy atom. The first-order valence-electron chi connectivity index (χ1n) is 7.52. The van der Waals surface area contributed by atoms with Crippen molar-refractivity contribution in [3.8, 4) is 5.75 Å². The van der Waals surface area contributed by atoms with Crippen LogP contribution < -0.4 is 15.0 Å². The van der Waals surface area contributed by atoms with Crippen LogP contribution in [0, 0.1) is 5.82 Å². The van der Waals surface area contributed by atoms with Crippen LogP contribution in [0.5, 0.6) is 5.75 Å². The number of anilines is 1. The predicted octanol–water partition coefficient (Wildman–Crippen LogP) is 3.81. The van der Waals surface area contributed by atoms with E-state index in [0.717, 1.165) is 17.0 Å². The highest BCUT2D eigenvalue weighted by Crippen LogP contribution is 2.34. The number of nitrogens with zero attached hydrogens (tertiary/aromatic N) is 1. The summed E-state index contributed by atoms with van der Waals surface area (Å²) in [5, 5.41) is 2.44. The van der Waals surface area contributed by atoms with E-state index in [0.29, 0.717) is 5.56 Å². The van der Waals surface area contributed by atoms with E-state index in [2.05, 4.69) is 5.32 Å². The number of imide groups is 2. The van der Waals surface area contributed by atoms with Crippen molar-refractivity contribution in [3.63, 3.8) is 0 Å². The molecule has 0 saturated carbocycles. The molecule has 9 heteroatoms. The van der Waals surface area contributed by atoms with Gasteiger partial charge in [0.15, 0.2) is 5.75 Å². The lowest BCUT2D eigenvalue weighted by molar-refractivity contribution is -0.122. The third-order valence-corrected chi connectivity index (χ3v) is 4.28. The first-order valence-corrected chi connectivity index (χ1v) is 8.27. The Bertz CT molecular complexity index is 966. The Morgan fingerprint density at radius 3 is 2.22 bits per heavy atom. The first-order chi connectivity index (χ1) is 12.8.